The third kappa shape index (κ3) is 2.27. The van der Waals surface area contributed by atoms with Crippen LogP contribution in [0.3, 0.4) is 0 Å². The van der Waals surface area contributed by atoms with Gasteiger partial charge in [0.05, 0.1) is 6.04 Å². The molecule has 1 atom stereocenters. The van der Waals surface area contributed by atoms with Crippen molar-refractivity contribution in [3.8, 4) is 0 Å². The van der Waals surface area contributed by atoms with Crippen LogP contribution >= 0.6 is 0 Å². The van der Waals surface area contributed by atoms with Crippen LogP contribution < -0.4 is 5.73 Å². The minimum absolute atomic E-state index is 0.372. The highest BCUT2D eigenvalue weighted by molar-refractivity contribution is 5.27. The molecular weight excluding hydrogens is 208 g/mol. The van der Waals surface area contributed by atoms with Crippen molar-refractivity contribution in [1.29, 1.82) is 0 Å². The maximum Gasteiger partial charge on any atom is 0.0556 e. The second kappa shape index (κ2) is 4.76. The molecule has 2 N–H and O–H groups in total. The van der Waals surface area contributed by atoms with Crippen LogP contribution in [0.1, 0.15) is 35.5 Å². The first-order chi connectivity index (χ1) is 8.13. The summed E-state index contributed by atoms with van der Waals surface area (Å²) in [6, 6.07) is 13.3. The number of hydrogen-bond donors (Lipinski definition) is 1. The average Bonchev–Trinajstić information content (AvgIpc) is 2.68. The molecule has 0 fully saturated rings. The summed E-state index contributed by atoms with van der Waals surface area (Å²) >= 11 is 0. The molecule has 0 bridgehead atoms. The van der Waals surface area contributed by atoms with Gasteiger partial charge in [-0.2, -0.15) is 0 Å². The maximum atomic E-state index is 5.61. The molecule has 0 aliphatic carbocycles. The van der Waals surface area contributed by atoms with Crippen molar-refractivity contribution < 1.29 is 0 Å². The minimum atomic E-state index is 0.372. The topological polar surface area (TPSA) is 30.9 Å². The highest BCUT2D eigenvalue weighted by atomic mass is 15.0. The van der Waals surface area contributed by atoms with Gasteiger partial charge in [-0.25, -0.2) is 0 Å². The van der Waals surface area contributed by atoms with E-state index in [9.17, 15) is 0 Å². The first kappa shape index (κ1) is 11.9. The van der Waals surface area contributed by atoms with E-state index < -0.39 is 0 Å². The van der Waals surface area contributed by atoms with E-state index in [2.05, 4.69) is 61.7 Å². The molecule has 1 aromatic carbocycles. The van der Waals surface area contributed by atoms with Crippen LogP contribution in [0.5, 0.6) is 0 Å². The van der Waals surface area contributed by atoms with Crippen LogP contribution in [0.2, 0.25) is 0 Å². The lowest BCUT2D eigenvalue weighted by Crippen LogP contribution is -2.10. The van der Waals surface area contributed by atoms with Crippen LogP contribution in [0.4, 0.5) is 0 Å². The SMILES string of the molecule is Cc1ccc(C)n1C(C)c1ccc(CN)cc1. The van der Waals surface area contributed by atoms with Crippen molar-refractivity contribution in [2.45, 2.75) is 33.4 Å². The molecule has 0 radical (unpaired) electrons. The second-order valence-electron chi connectivity index (χ2n) is 4.61. The maximum absolute atomic E-state index is 5.61. The van der Waals surface area contributed by atoms with E-state index in [1.54, 1.807) is 0 Å². The quantitative estimate of drug-likeness (QED) is 0.859. The molecule has 0 amide bonds. The van der Waals surface area contributed by atoms with Crippen LogP contribution in [0.25, 0.3) is 0 Å². The average molecular weight is 228 g/mol. The predicted molar refractivity (Wildman–Crippen MR) is 72.1 cm³/mol. The smallest absolute Gasteiger partial charge is 0.0556 e. The van der Waals surface area contributed by atoms with Gasteiger partial charge in [0.25, 0.3) is 0 Å². The highest BCUT2D eigenvalue weighted by Crippen LogP contribution is 2.22. The van der Waals surface area contributed by atoms with Gasteiger partial charge in [-0.1, -0.05) is 24.3 Å². The Morgan fingerprint density at radius 3 is 2.00 bits per heavy atom. The zero-order valence-corrected chi connectivity index (χ0v) is 10.8. The zero-order valence-electron chi connectivity index (χ0n) is 10.8. The minimum Gasteiger partial charge on any atom is -0.342 e. The number of benzene rings is 1. The third-order valence-electron chi connectivity index (χ3n) is 3.41. The van der Waals surface area contributed by atoms with E-state index in [1.807, 2.05) is 0 Å². The van der Waals surface area contributed by atoms with E-state index in [0.29, 0.717) is 12.6 Å². The Morgan fingerprint density at radius 2 is 1.53 bits per heavy atom. The van der Waals surface area contributed by atoms with E-state index >= 15 is 0 Å². The molecule has 2 aromatic rings. The monoisotopic (exact) mass is 228 g/mol. The van der Waals surface area contributed by atoms with Gasteiger partial charge >= 0.3 is 0 Å². The van der Waals surface area contributed by atoms with E-state index in [1.165, 1.54) is 22.5 Å². The lowest BCUT2D eigenvalue weighted by molar-refractivity contribution is 0.610. The van der Waals surface area contributed by atoms with E-state index in [4.69, 9.17) is 5.73 Å². The van der Waals surface area contributed by atoms with Crippen molar-refractivity contribution in [2.24, 2.45) is 5.73 Å². The molecule has 90 valence electrons. The van der Waals surface area contributed by atoms with Gasteiger partial charge in [0, 0.05) is 17.9 Å². The molecule has 0 aliphatic heterocycles. The molecule has 2 nitrogen and oxygen atoms in total. The molecule has 1 aromatic heterocycles. The highest BCUT2D eigenvalue weighted by Gasteiger charge is 2.11. The van der Waals surface area contributed by atoms with Crippen molar-refractivity contribution in [1.82, 2.24) is 4.57 Å². The van der Waals surface area contributed by atoms with Crippen molar-refractivity contribution in [3.05, 3.63) is 58.9 Å². The molecule has 0 saturated carbocycles. The lowest BCUT2D eigenvalue weighted by atomic mass is 10.1. The molecular formula is C15H20N2. The molecule has 0 aliphatic rings. The molecule has 0 saturated heterocycles. The summed E-state index contributed by atoms with van der Waals surface area (Å²) in [6.45, 7) is 7.14. The lowest BCUT2D eigenvalue weighted by Gasteiger charge is -2.19. The van der Waals surface area contributed by atoms with Gasteiger partial charge in [-0.3, -0.25) is 0 Å². The van der Waals surface area contributed by atoms with Crippen molar-refractivity contribution >= 4 is 0 Å². The van der Waals surface area contributed by atoms with E-state index in [0.717, 1.165) is 0 Å². The third-order valence-corrected chi connectivity index (χ3v) is 3.41. The van der Waals surface area contributed by atoms with Gasteiger partial charge in [-0.05, 0) is 44.0 Å². The Hall–Kier alpha value is -1.54. The summed E-state index contributed by atoms with van der Waals surface area (Å²) in [6.07, 6.45) is 0. The number of hydrogen-bond acceptors (Lipinski definition) is 1. The Bertz CT molecular complexity index is 475. The first-order valence-corrected chi connectivity index (χ1v) is 6.07. The Morgan fingerprint density at radius 1 is 1.00 bits per heavy atom. The number of nitrogens with two attached hydrogens (primary N) is 1. The molecule has 1 unspecified atom stereocenters. The first-order valence-electron chi connectivity index (χ1n) is 6.07. The summed E-state index contributed by atoms with van der Waals surface area (Å²) in [4.78, 5) is 0. The van der Waals surface area contributed by atoms with Crippen LogP contribution in [-0.2, 0) is 6.54 Å². The number of aromatic nitrogens is 1. The summed E-state index contributed by atoms with van der Waals surface area (Å²) in [7, 11) is 0. The summed E-state index contributed by atoms with van der Waals surface area (Å²) < 4.78 is 2.36. The fourth-order valence-electron chi connectivity index (χ4n) is 2.37. The van der Waals surface area contributed by atoms with E-state index in [-0.39, 0.29) is 0 Å². The zero-order chi connectivity index (χ0) is 12.4. The fourth-order valence-corrected chi connectivity index (χ4v) is 2.37. The number of rotatable bonds is 3. The molecule has 2 rings (SSSR count). The van der Waals surface area contributed by atoms with Gasteiger partial charge in [0.15, 0.2) is 0 Å². The van der Waals surface area contributed by atoms with Gasteiger partial charge in [0.2, 0.25) is 0 Å². The second-order valence-corrected chi connectivity index (χ2v) is 4.61. The Kier molecular flexibility index (Phi) is 3.34. The van der Waals surface area contributed by atoms with Crippen molar-refractivity contribution in [2.75, 3.05) is 0 Å². The van der Waals surface area contributed by atoms with Crippen molar-refractivity contribution in [3.63, 3.8) is 0 Å². The predicted octanol–water partition coefficient (Wildman–Crippen LogP) is 3.17. The van der Waals surface area contributed by atoms with Gasteiger partial charge < -0.3 is 10.3 Å². The van der Waals surface area contributed by atoms with Crippen LogP contribution in [-0.4, -0.2) is 4.57 Å². The van der Waals surface area contributed by atoms with Crippen LogP contribution in [0, 0.1) is 13.8 Å². The largest absolute Gasteiger partial charge is 0.342 e. The number of aryl methyl sites for hydroxylation is 2. The summed E-state index contributed by atoms with van der Waals surface area (Å²) in [5.41, 5.74) is 10.7. The standard InChI is InChI=1S/C15H20N2/c1-11-4-5-12(2)17(11)13(3)15-8-6-14(10-16)7-9-15/h4-9,13H,10,16H2,1-3H3. The summed E-state index contributed by atoms with van der Waals surface area (Å²) in [5.74, 6) is 0. The molecule has 1 heterocycles. The molecule has 17 heavy (non-hydrogen) atoms. The van der Waals surface area contributed by atoms with Gasteiger partial charge in [-0.15, -0.1) is 0 Å². The fraction of sp³-hybridized carbons (Fsp3) is 0.333. The molecule has 0 spiro atoms. The van der Waals surface area contributed by atoms with Crippen LogP contribution in [0.15, 0.2) is 36.4 Å². The Balaban J connectivity index is 2.33. The normalized spacial score (nSPS) is 12.7. The number of nitrogens with zero attached hydrogens (tertiary/aromatic N) is 1. The molecule has 2 heteroatoms. The summed E-state index contributed by atoms with van der Waals surface area (Å²) in [5, 5.41) is 0. The van der Waals surface area contributed by atoms with Gasteiger partial charge in [0.1, 0.15) is 0 Å². The Labute approximate surface area is 103 Å².